The van der Waals surface area contributed by atoms with Crippen LogP contribution in [0, 0.1) is 0 Å². The molecule has 1 amide bonds. The number of fused-ring (bicyclic) bond motifs is 2. The molecule has 0 radical (unpaired) electrons. The van der Waals surface area contributed by atoms with Crippen molar-refractivity contribution < 1.29 is 19.0 Å². The Bertz CT molecular complexity index is 1160. The molecule has 0 saturated carbocycles. The second-order valence-corrected chi connectivity index (χ2v) is 8.57. The maximum absolute atomic E-state index is 12.7. The number of carbonyl (C=O) groups excluding carboxylic acids is 1. The number of carbonyl (C=O) groups is 1. The van der Waals surface area contributed by atoms with Gasteiger partial charge in [-0.05, 0) is 37.1 Å². The van der Waals surface area contributed by atoms with Crippen molar-refractivity contribution in [2.24, 2.45) is 0 Å². The molecule has 9 heteroatoms. The Morgan fingerprint density at radius 2 is 2.03 bits per heavy atom. The third-order valence-corrected chi connectivity index (χ3v) is 6.23. The number of piperidine rings is 1. The molecule has 2 aromatic heterocycles. The lowest BCUT2D eigenvalue weighted by atomic mass is 9.98. The third kappa shape index (κ3) is 5.21. The Hall–Kier alpha value is -3.43. The number of amides is 1. The van der Waals surface area contributed by atoms with E-state index in [1.807, 2.05) is 30.3 Å². The normalized spacial score (nSPS) is 19.6. The zero-order chi connectivity index (χ0) is 23.3. The molecule has 0 bridgehead atoms. The predicted octanol–water partition coefficient (Wildman–Crippen LogP) is 2.65. The standard InChI is InChI=1S/C25H29N5O4/c1-32-19-4-5-21-20(12-19)22(6-7-26-21)30-25(31)11-16-2-3-17(13-27-16)28-14-18-10-23-24(15-29-18)34-9-8-33-23/h4-7,10,12,15-17,27-28H,2-3,8-9,11,13-14H2,1H3,(H,26,30,31)/t16-,17+/m0/s1. The minimum Gasteiger partial charge on any atom is -0.497 e. The average molecular weight is 464 g/mol. The van der Waals surface area contributed by atoms with Crippen LogP contribution >= 0.6 is 0 Å². The van der Waals surface area contributed by atoms with Crippen LogP contribution in [0.25, 0.3) is 10.9 Å². The zero-order valence-electron chi connectivity index (χ0n) is 19.2. The quantitative estimate of drug-likeness (QED) is 0.491. The number of anilines is 1. The van der Waals surface area contributed by atoms with Crippen molar-refractivity contribution in [3.8, 4) is 17.2 Å². The number of hydrogen-bond acceptors (Lipinski definition) is 8. The van der Waals surface area contributed by atoms with E-state index in [4.69, 9.17) is 14.2 Å². The number of nitrogens with one attached hydrogen (secondary N) is 3. The van der Waals surface area contributed by atoms with Gasteiger partial charge < -0.3 is 30.2 Å². The Balaban J connectivity index is 1.10. The number of ether oxygens (including phenoxy) is 3. The summed E-state index contributed by atoms with van der Waals surface area (Å²) in [6.45, 7) is 2.59. The van der Waals surface area contributed by atoms with Crippen LogP contribution < -0.4 is 30.2 Å². The fraction of sp³-hybridized carbons (Fsp3) is 0.400. The lowest BCUT2D eigenvalue weighted by Crippen LogP contribution is -2.48. The molecule has 1 aromatic carbocycles. The summed E-state index contributed by atoms with van der Waals surface area (Å²) < 4.78 is 16.5. The monoisotopic (exact) mass is 463 g/mol. The van der Waals surface area contributed by atoms with E-state index in [-0.39, 0.29) is 11.9 Å². The van der Waals surface area contributed by atoms with Gasteiger partial charge in [0.2, 0.25) is 5.91 Å². The Morgan fingerprint density at radius 1 is 1.15 bits per heavy atom. The molecule has 178 valence electrons. The molecule has 1 saturated heterocycles. The van der Waals surface area contributed by atoms with Gasteiger partial charge in [0.1, 0.15) is 19.0 Å². The summed E-state index contributed by atoms with van der Waals surface area (Å²) in [5.41, 5.74) is 2.49. The number of methoxy groups -OCH3 is 1. The summed E-state index contributed by atoms with van der Waals surface area (Å²) in [7, 11) is 1.62. The smallest absolute Gasteiger partial charge is 0.225 e. The first-order chi connectivity index (χ1) is 16.7. The summed E-state index contributed by atoms with van der Waals surface area (Å²) in [6.07, 6.45) is 5.76. The van der Waals surface area contributed by atoms with Crippen LogP contribution in [-0.4, -0.2) is 54.8 Å². The molecule has 34 heavy (non-hydrogen) atoms. The lowest BCUT2D eigenvalue weighted by Gasteiger charge is -2.30. The van der Waals surface area contributed by atoms with E-state index in [9.17, 15) is 4.79 Å². The molecule has 0 unspecified atom stereocenters. The molecule has 3 aromatic rings. The van der Waals surface area contributed by atoms with Gasteiger partial charge in [-0.3, -0.25) is 14.8 Å². The third-order valence-electron chi connectivity index (χ3n) is 6.23. The lowest BCUT2D eigenvalue weighted by molar-refractivity contribution is -0.116. The topological polar surface area (TPSA) is 107 Å². The van der Waals surface area contributed by atoms with E-state index in [0.717, 1.165) is 53.2 Å². The van der Waals surface area contributed by atoms with Gasteiger partial charge in [0.15, 0.2) is 11.5 Å². The van der Waals surface area contributed by atoms with Crippen LogP contribution in [0.3, 0.4) is 0 Å². The first-order valence-corrected chi connectivity index (χ1v) is 11.6. The molecule has 2 aliphatic heterocycles. The molecular formula is C25H29N5O4. The van der Waals surface area contributed by atoms with Crippen molar-refractivity contribution in [2.75, 3.05) is 32.2 Å². The number of hydrogen-bond donors (Lipinski definition) is 3. The highest BCUT2D eigenvalue weighted by atomic mass is 16.6. The van der Waals surface area contributed by atoms with E-state index in [1.54, 1.807) is 19.5 Å². The second kappa shape index (κ2) is 10.2. The van der Waals surface area contributed by atoms with Crippen molar-refractivity contribution in [1.29, 1.82) is 0 Å². The molecule has 2 atom stereocenters. The van der Waals surface area contributed by atoms with Crippen LogP contribution in [-0.2, 0) is 11.3 Å². The predicted molar refractivity (Wildman–Crippen MR) is 128 cm³/mol. The zero-order valence-corrected chi connectivity index (χ0v) is 19.2. The summed E-state index contributed by atoms with van der Waals surface area (Å²) >= 11 is 0. The van der Waals surface area contributed by atoms with Crippen LogP contribution in [0.1, 0.15) is 25.0 Å². The number of benzene rings is 1. The second-order valence-electron chi connectivity index (χ2n) is 8.57. The Kier molecular flexibility index (Phi) is 6.73. The van der Waals surface area contributed by atoms with Gasteiger partial charge in [-0.25, -0.2) is 0 Å². The fourth-order valence-corrected chi connectivity index (χ4v) is 4.39. The molecule has 4 heterocycles. The van der Waals surface area contributed by atoms with Gasteiger partial charge in [-0.1, -0.05) is 0 Å². The first-order valence-electron chi connectivity index (χ1n) is 11.6. The van der Waals surface area contributed by atoms with E-state index < -0.39 is 0 Å². The van der Waals surface area contributed by atoms with Crippen molar-refractivity contribution in [3.05, 3.63) is 48.4 Å². The number of rotatable bonds is 7. The van der Waals surface area contributed by atoms with Crippen molar-refractivity contribution >= 4 is 22.5 Å². The molecule has 5 rings (SSSR count). The largest absolute Gasteiger partial charge is 0.497 e. The van der Waals surface area contributed by atoms with Gasteiger partial charge in [0.05, 0.1) is 30.2 Å². The molecule has 0 spiro atoms. The molecule has 2 aliphatic rings. The number of nitrogens with zero attached hydrogens (tertiary/aromatic N) is 2. The van der Waals surface area contributed by atoms with Crippen LogP contribution in [0.15, 0.2) is 42.7 Å². The molecule has 0 aliphatic carbocycles. The fourth-order valence-electron chi connectivity index (χ4n) is 4.39. The molecule has 3 N–H and O–H groups in total. The highest BCUT2D eigenvalue weighted by Crippen LogP contribution is 2.29. The van der Waals surface area contributed by atoms with Crippen LogP contribution in [0.2, 0.25) is 0 Å². The highest BCUT2D eigenvalue weighted by Gasteiger charge is 2.23. The van der Waals surface area contributed by atoms with E-state index in [2.05, 4.69) is 25.9 Å². The van der Waals surface area contributed by atoms with Gasteiger partial charge in [-0.15, -0.1) is 0 Å². The molecule has 1 fully saturated rings. The van der Waals surface area contributed by atoms with Crippen LogP contribution in [0.5, 0.6) is 17.2 Å². The summed E-state index contributed by atoms with van der Waals surface area (Å²) in [5.74, 6) is 2.18. The minimum atomic E-state index is -0.0142. The Labute approximate surface area is 198 Å². The number of aromatic nitrogens is 2. The van der Waals surface area contributed by atoms with Gasteiger partial charge in [0, 0.05) is 49.2 Å². The SMILES string of the molecule is COc1ccc2nccc(NC(=O)C[C@@H]3CC[C@@H](NCc4cc5c(cn4)OCCO5)CN3)c2c1. The van der Waals surface area contributed by atoms with Gasteiger partial charge >= 0.3 is 0 Å². The first kappa shape index (κ1) is 22.4. The van der Waals surface area contributed by atoms with Crippen molar-refractivity contribution in [2.45, 2.75) is 37.9 Å². The number of pyridine rings is 2. The molecule has 9 nitrogen and oxygen atoms in total. The van der Waals surface area contributed by atoms with E-state index >= 15 is 0 Å². The molecular weight excluding hydrogens is 434 g/mol. The maximum atomic E-state index is 12.7. The minimum absolute atomic E-state index is 0.0142. The summed E-state index contributed by atoms with van der Waals surface area (Å²) in [5, 5.41) is 11.0. The van der Waals surface area contributed by atoms with Crippen molar-refractivity contribution in [1.82, 2.24) is 20.6 Å². The highest BCUT2D eigenvalue weighted by molar-refractivity contribution is 6.01. The summed E-state index contributed by atoms with van der Waals surface area (Å²) in [6, 6.07) is 9.87. The van der Waals surface area contributed by atoms with Crippen LogP contribution in [0.4, 0.5) is 5.69 Å². The summed E-state index contributed by atoms with van der Waals surface area (Å²) in [4.78, 5) is 21.6. The van der Waals surface area contributed by atoms with E-state index in [0.29, 0.717) is 38.0 Å². The van der Waals surface area contributed by atoms with Gasteiger partial charge in [-0.2, -0.15) is 0 Å². The van der Waals surface area contributed by atoms with Gasteiger partial charge in [0.25, 0.3) is 0 Å². The maximum Gasteiger partial charge on any atom is 0.225 e. The Morgan fingerprint density at radius 3 is 2.85 bits per heavy atom. The van der Waals surface area contributed by atoms with E-state index in [1.165, 1.54) is 0 Å². The van der Waals surface area contributed by atoms with Crippen molar-refractivity contribution in [3.63, 3.8) is 0 Å². The average Bonchev–Trinajstić information content (AvgIpc) is 2.88.